The van der Waals surface area contributed by atoms with Crippen molar-refractivity contribution in [2.75, 3.05) is 0 Å². The Hall–Kier alpha value is -3.85. The van der Waals surface area contributed by atoms with Gasteiger partial charge in [-0.1, -0.05) is 119 Å². The van der Waals surface area contributed by atoms with E-state index in [-0.39, 0.29) is 11.8 Å². The molecule has 0 aliphatic heterocycles. The lowest BCUT2D eigenvalue weighted by Crippen LogP contribution is -2.29. The molecule has 0 aromatic heterocycles. The Labute approximate surface area is 227 Å². The highest BCUT2D eigenvalue weighted by Gasteiger charge is 2.29. The fraction of sp³-hybridized carbons (Fsp3) is 0.286. The third-order valence-corrected chi connectivity index (χ3v) is 7.11. The molecule has 0 saturated heterocycles. The summed E-state index contributed by atoms with van der Waals surface area (Å²) in [6, 6.07) is 33.5. The number of carbonyl (C=O) groups is 1. The smallest absolute Gasteiger partial charge is 0.430 e. The SMILES string of the molecule is Cc1cccc(C(c2cccc(C)c2)C(C)OC(=O)OC(C)C(c2cccc(C)c2)c2cccc(C)c2)c1. The summed E-state index contributed by atoms with van der Waals surface area (Å²) < 4.78 is 12.0. The summed E-state index contributed by atoms with van der Waals surface area (Å²) in [5.41, 5.74) is 9.13. The predicted octanol–water partition coefficient (Wildman–Crippen LogP) is 8.81. The highest BCUT2D eigenvalue weighted by Crippen LogP contribution is 2.33. The second-order valence-corrected chi connectivity index (χ2v) is 10.5. The van der Waals surface area contributed by atoms with Crippen LogP contribution < -0.4 is 0 Å². The number of aryl methyl sites for hydroxylation is 4. The van der Waals surface area contributed by atoms with Gasteiger partial charge in [-0.15, -0.1) is 0 Å². The normalized spacial score (nSPS) is 12.8. The fourth-order valence-electron chi connectivity index (χ4n) is 5.39. The Morgan fingerprint density at radius 1 is 0.500 bits per heavy atom. The minimum Gasteiger partial charge on any atom is -0.430 e. The van der Waals surface area contributed by atoms with Crippen LogP contribution in [0, 0.1) is 27.7 Å². The summed E-state index contributed by atoms with van der Waals surface area (Å²) in [5, 5.41) is 0. The molecule has 3 nitrogen and oxygen atoms in total. The Morgan fingerprint density at radius 3 is 1.00 bits per heavy atom. The lowest BCUT2D eigenvalue weighted by Gasteiger charge is -2.28. The maximum atomic E-state index is 13.2. The molecule has 3 heteroatoms. The summed E-state index contributed by atoms with van der Waals surface area (Å²) in [6.07, 6.45) is -1.50. The number of ether oxygens (including phenoxy) is 2. The van der Waals surface area contributed by atoms with Gasteiger partial charge in [0.1, 0.15) is 12.2 Å². The van der Waals surface area contributed by atoms with E-state index in [4.69, 9.17) is 9.47 Å². The van der Waals surface area contributed by atoms with Gasteiger partial charge in [-0.25, -0.2) is 4.79 Å². The van der Waals surface area contributed by atoms with Gasteiger partial charge in [-0.3, -0.25) is 0 Å². The van der Waals surface area contributed by atoms with E-state index >= 15 is 0 Å². The zero-order valence-electron chi connectivity index (χ0n) is 23.3. The van der Waals surface area contributed by atoms with Crippen molar-refractivity contribution in [1.82, 2.24) is 0 Å². The van der Waals surface area contributed by atoms with Gasteiger partial charge in [-0.2, -0.15) is 0 Å². The molecule has 0 bridgehead atoms. The Balaban J connectivity index is 1.58. The van der Waals surface area contributed by atoms with Crippen LogP contribution in [0.15, 0.2) is 97.1 Å². The van der Waals surface area contributed by atoms with E-state index in [1.54, 1.807) is 0 Å². The van der Waals surface area contributed by atoms with E-state index < -0.39 is 18.4 Å². The Morgan fingerprint density at radius 2 is 0.763 bits per heavy atom. The summed E-state index contributed by atoms with van der Waals surface area (Å²) in [4.78, 5) is 13.2. The molecular formula is C35H38O3. The highest BCUT2D eigenvalue weighted by atomic mass is 16.7. The van der Waals surface area contributed by atoms with Crippen molar-refractivity contribution in [2.24, 2.45) is 0 Å². The minimum atomic E-state index is -0.652. The minimum absolute atomic E-state index is 0.109. The first-order chi connectivity index (χ1) is 18.2. The number of hydrogen-bond acceptors (Lipinski definition) is 3. The van der Waals surface area contributed by atoms with Crippen molar-refractivity contribution >= 4 is 6.16 Å². The largest absolute Gasteiger partial charge is 0.508 e. The van der Waals surface area contributed by atoms with E-state index in [2.05, 4.69) is 125 Å². The fourth-order valence-corrected chi connectivity index (χ4v) is 5.39. The van der Waals surface area contributed by atoms with Gasteiger partial charge in [0.05, 0.1) is 0 Å². The lowest BCUT2D eigenvalue weighted by molar-refractivity contribution is -0.0000264. The maximum absolute atomic E-state index is 13.2. The lowest BCUT2D eigenvalue weighted by atomic mass is 9.86. The van der Waals surface area contributed by atoms with Crippen LogP contribution in [-0.2, 0) is 9.47 Å². The molecule has 4 rings (SSSR count). The molecule has 4 aromatic rings. The molecule has 0 aliphatic rings. The van der Waals surface area contributed by atoms with Crippen molar-refractivity contribution in [3.63, 3.8) is 0 Å². The van der Waals surface area contributed by atoms with Crippen LogP contribution in [0.25, 0.3) is 0 Å². The quantitative estimate of drug-likeness (QED) is 0.224. The van der Waals surface area contributed by atoms with E-state index in [0.717, 1.165) is 22.3 Å². The summed E-state index contributed by atoms with van der Waals surface area (Å²) >= 11 is 0. The molecule has 0 spiro atoms. The molecule has 0 saturated carbocycles. The average Bonchev–Trinajstić information content (AvgIpc) is 2.84. The third-order valence-electron chi connectivity index (χ3n) is 7.11. The van der Waals surface area contributed by atoms with Gasteiger partial charge < -0.3 is 9.47 Å². The van der Waals surface area contributed by atoms with Gasteiger partial charge in [-0.05, 0) is 63.8 Å². The van der Waals surface area contributed by atoms with Crippen LogP contribution in [0.4, 0.5) is 4.79 Å². The number of carbonyl (C=O) groups excluding carboxylic acids is 1. The first kappa shape index (κ1) is 27.2. The van der Waals surface area contributed by atoms with Gasteiger partial charge in [0.2, 0.25) is 0 Å². The van der Waals surface area contributed by atoms with E-state index in [1.807, 2.05) is 13.8 Å². The molecule has 2 atom stereocenters. The van der Waals surface area contributed by atoms with Crippen molar-refractivity contribution in [1.29, 1.82) is 0 Å². The molecule has 0 heterocycles. The number of hydrogen-bond donors (Lipinski definition) is 0. The van der Waals surface area contributed by atoms with Crippen LogP contribution in [0.5, 0.6) is 0 Å². The van der Waals surface area contributed by atoms with E-state index in [0.29, 0.717) is 0 Å². The van der Waals surface area contributed by atoms with Crippen LogP contribution in [0.1, 0.15) is 70.2 Å². The molecule has 196 valence electrons. The Kier molecular flexibility index (Phi) is 8.68. The molecule has 0 fully saturated rings. The van der Waals surface area contributed by atoms with E-state index in [9.17, 15) is 4.79 Å². The standard InChI is InChI=1S/C35H38O3/c1-23-11-7-15-29(19-23)33(30-16-8-12-24(2)20-30)27(5)37-35(36)38-28(6)34(31-17-9-13-25(3)21-31)32-18-10-14-26(4)22-32/h7-22,27-28,33-34H,1-6H3. The van der Waals surface area contributed by atoms with Crippen molar-refractivity contribution in [2.45, 2.75) is 65.6 Å². The van der Waals surface area contributed by atoms with Gasteiger partial charge in [0.15, 0.2) is 0 Å². The van der Waals surface area contributed by atoms with Crippen LogP contribution in [0.3, 0.4) is 0 Å². The number of benzene rings is 4. The van der Waals surface area contributed by atoms with Gasteiger partial charge in [0, 0.05) is 11.8 Å². The Bertz CT molecular complexity index is 1190. The molecule has 38 heavy (non-hydrogen) atoms. The van der Waals surface area contributed by atoms with E-state index in [1.165, 1.54) is 22.3 Å². The molecular weight excluding hydrogens is 468 g/mol. The summed E-state index contributed by atoms with van der Waals surface area (Å²) in [5.74, 6) is -0.219. The summed E-state index contributed by atoms with van der Waals surface area (Å²) in [7, 11) is 0. The van der Waals surface area contributed by atoms with Gasteiger partial charge >= 0.3 is 6.16 Å². The molecule has 2 unspecified atom stereocenters. The maximum Gasteiger partial charge on any atom is 0.508 e. The first-order valence-electron chi connectivity index (χ1n) is 13.3. The topological polar surface area (TPSA) is 35.5 Å². The predicted molar refractivity (Wildman–Crippen MR) is 155 cm³/mol. The first-order valence-corrected chi connectivity index (χ1v) is 13.3. The zero-order valence-corrected chi connectivity index (χ0v) is 23.3. The molecule has 0 amide bonds. The highest BCUT2D eigenvalue weighted by molar-refractivity contribution is 5.61. The summed E-state index contributed by atoms with van der Waals surface area (Å²) in [6.45, 7) is 12.2. The van der Waals surface area contributed by atoms with Crippen LogP contribution >= 0.6 is 0 Å². The zero-order chi connectivity index (χ0) is 27.2. The average molecular weight is 507 g/mol. The third kappa shape index (κ3) is 6.72. The second-order valence-electron chi connectivity index (χ2n) is 10.5. The van der Waals surface area contributed by atoms with Crippen molar-refractivity contribution in [3.8, 4) is 0 Å². The second kappa shape index (κ2) is 12.1. The molecule has 0 radical (unpaired) electrons. The van der Waals surface area contributed by atoms with Crippen molar-refractivity contribution < 1.29 is 14.3 Å². The van der Waals surface area contributed by atoms with Crippen LogP contribution in [0.2, 0.25) is 0 Å². The molecule has 0 aliphatic carbocycles. The van der Waals surface area contributed by atoms with Gasteiger partial charge in [0.25, 0.3) is 0 Å². The molecule has 4 aromatic carbocycles. The number of rotatable bonds is 8. The van der Waals surface area contributed by atoms with Crippen LogP contribution in [-0.4, -0.2) is 18.4 Å². The molecule has 0 N–H and O–H groups in total. The monoisotopic (exact) mass is 506 g/mol. The van der Waals surface area contributed by atoms with Crippen molar-refractivity contribution in [3.05, 3.63) is 142 Å².